The molecule has 9 nitrogen and oxygen atoms in total. The van der Waals surface area contributed by atoms with E-state index in [9.17, 15) is 0 Å². The molecule has 3 unspecified atom stereocenters. The Labute approximate surface area is 409 Å². The van der Waals surface area contributed by atoms with Crippen LogP contribution in [0.3, 0.4) is 0 Å². The van der Waals surface area contributed by atoms with E-state index < -0.39 is 0 Å². The molecule has 0 aliphatic heterocycles. The molecule has 8 aliphatic carbocycles. The molecular formula is C58H100N6O3. The van der Waals surface area contributed by atoms with E-state index in [1.54, 1.807) is 0 Å². The Kier molecular flexibility index (Phi) is 16.8. The first-order valence-corrected chi connectivity index (χ1v) is 28.9. The topological polar surface area (TPSA) is 125 Å². The highest BCUT2D eigenvalue weighted by Gasteiger charge is 2.67. The van der Waals surface area contributed by atoms with Crippen molar-refractivity contribution in [2.24, 2.45) is 127 Å². The van der Waals surface area contributed by atoms with Gasteiger partial charge >= 0.3 is 0 Å². The fourth-order valence-electron chi connectivity index (χ4n) is 20.1. The summed E-state index contributed by atoms with van der Waals surface area (Å²) >= 11 is 0. The van der Waals surface area contributed by atoms with Crippen LogP contribution in [0.4, 0.5) is 0 Å². The maximum atomic E-state index is 8.87. The minimum absolute atomic E-state index is 0.354. The minimum atomic E-state index is 0.354. The highest BCUT2D eigenvalue weighted by molar-refractivity contribution is 5.15. The molecule has 0 spiro atoms. The van der Waals surface area contributed by atoms with Gasteiger partial charge in [0, 0.05) is 49.3 Å². The van der Waals surface area contributed by atoms with Crippen LogP contribution >= 0.6 is 0 Å². The van der Waals surface area contributed by atoms with Crippen LogP contribution in [0.25, 0.3) is 20.9 Å². The number of azide groups is 2. The van der Waals surface area contributed by atoms with E-state index in [1.807, 2.05) is 0 Å². The summed E-state index contributed by atoms with van der Waals surface area (Å²) in [5, 5.41) is 7.65. The van der Waals surface area contributed by atoms with Crippen molar-refractivity contribution in [2.45, 2.75) is 210 Å². The van der Waals surface area contributed by atoms with Crippen molar-refractivity contribution in [2.75, 3.05) is 39.5 Å². The van der Waals surface area contributed by atoms with E-state index in [0.717, 1.165) is 122 Å². The van der Waals surface area contributed by atoms with Crippen molar-refractivity contribution in [3.8, 4) is 0 Å². The lowest BCUT2D eigenvalue weighted by Crippen LogP contribution is -2.60. The van der Waals surface area contributed by atoms with Crippen molar-refractivity contribution < 1.29 is 14.2 Å². The normalized spacial score (nSPS) is 47.4. The molecule has 0 radical (unpaired) electrons. The van der Waals surface area contributed by atoms with E-state index >= 15 is 0 Å². The molecule has 0 aromatic heterocycles. The molecule has 9 heteroatoms. The zero-order valence-corrected chi connectivity index (χ0v) is 44.7. The lowest BCUT2D eigenvalue weighted by atomic mass is 9.41. The first-order chi connectivity index (χ1) is 32.1. The van der Waals surface area contributed by atoms with Crippen LogP contribution in [0.15, 0.2) is 10.2 Å². The van der Waals surface area contributed by atoms with E-state index in [-0.39, 0.29) is 0 Å². The quantitative estimate of drug-likeness (QED) is 0.0522. The zero-order valence-electron chi connectivity index (χ0n) is 44.7. The maximum Gasteiger partial charge on any atom is 0.0611 e. The predicted octanol–water partition coefficient (Wildman–Crippen LogP) is 16.3. The Morgan fingerprint density at radius 3 is 1.34 bits per heavy atom. The Hall–Kier alpha value is -1.50. The number of fused-ring (bicyclic) bond motifs is 10. The van der Waals surface area contributed by atoms with Crippen molar-refractivity contribution >= 4 is 0 Å². The number of rotatable bonds is 20. The second-order valence-electron chi connectivity index (χ2n) is 26.9. The second-order valence-corrected chi connectivity index (χ2v) is 26.9. The highest BCUT2D eigenvalue weighted by Crippen LogP contribution is 2.72. The molecule has 0 bridgehead atoms. The van der Waals surface area contributed by atoms with E-state index in [2.05, 4.69) is 89.3 Å². The van der Waals surface area contributed by atoms with Crippen LogP contribution in [-0.2, 0) is 14.2 Å². The standard InChI is InChI=1S/C58H100N6O3/c1-37-21-23-55(7)43(31-37)35-51(66-29-13-25-61-63-59)53-47-19-17-45(57(47,9)41(5)33-49(53)55)39(3)15-11-27-65-28-12-16-40(4)46-18-20-48-54-50(34-42(6)58(46,48)10)56(8)24-22-38(2)32-44(56)36-52(54)67-30-14-26-62-64-60/h37-54H,11-36H2,1-10H3/t37-,38-,39-,40-,41+,42+,43+,44?,45-,46-,47+,48+,49+,50+,51-,52?,53+,54?,55+,56+,57-,58-/m1/s1. The van der Waals surface area contributed by atoms with Gasteiger partial charge in [-0.1, -0.05) is 92.3 Å². The fraction of sp³-hybridized carbons (Fsp3) is 1.00. The molecule has 0 amide bonds. The Bertz CT molecular complexity index is 1610. The van der Waals surface area contributed by atoms with Gasteiger partial charge in [0.1, 0.15) is 0 Å². The maximum absolute atomic E-state index is 8.87. The van der Waals surface area contributed by atoms with Crippen LogP contribution < -0.4 is 0 Å². The molecule has 67 heavy (non-hydrogen) atoms. The molecule has 380 valence electrons. The molecule has 0 aromatic carbocycles. The van der Waals surface area contributed by atoms with Gasteiger partial charge in [0.05, 0.1) is 12.2 Å². The van der Waals surface area contributed by atoms with Gasteiger partial charge < -0.3 is 14.2 Å². The third-order valence-electron chi connectivity index (χ3n) is 24.0. The van der Waals surface area contributed by atoms with Crippen LogP contribution in [0, 0.1) is 116 Å². The van der Waals surface area contributed by atoms with Gasteiger partial charge in [-0.3, -0.25) is 0 Å². The van der Waals surface area contributed by atoms with Crippen LogP contribution in [0.5, 0.6) is 0 Å². The van der Waals surface area contributed by atoms with Crippen molar-refractivity contribution in [3.05, 3.63) is 20.9 Å². The molecule has 8 rings (SSSR count). The lowest BCUT2D eigenvalue weighted by Gasteiger charge is -2.65. The third-order valence-corrected chi connectivity index (χ3v) is 24.0. The smallest absolute Gasteiger partial charge is 0.0611 e. The summed E-state index contributed by atoms with van der Waals surface area (Å²) in [6.07, 6.45) is 26.3. The van der Waals surface area contributed by atoms with Crippen molar-refractivity contribution in [1.82, 2.24) is 0 Å². The molecule has 22 atom stereocenters. The number of nitrogens with zero attached hydrogens (tertiary/aromatic N) is 6. The summed E-state index contributed by atoms with van der Waals surface area (Å²) in [5.41, 5.74) is 19.4. The monoisotopic (exact) mass is 929 g/mol. The molecule has 0 heterocycles. The summed E-state index contributed by atoms with van der Waals surface area (Å²) in [6.45, 7) is 30.7. The number of hydrogen-bond acceptors (Lipinski definition) is 5. The molecular weight excluding hydrogens is 829 g/mol. The third kappa shape index (κ3) is 9.78. The number of ether oxygens (including phenoxy) is 3. The van der Waals surface area contributed by atoms with Gasteiger partial charge in [0.15, 0.2) is 0 Å². The average Bonchev–Trinajstić information content (AvgIpc) is 3.85. The molecule has 8 fully saturated rings. The number of hydrogen-bond donors (Lipinski definition) is 0. The fourth-order valence-corrected chi connectivity index (χ4v) is 20.1. The molecule has 8 saturated carbocycles. The molecule has 0 saturated heterocycles. The minimum Gasteiger partial charge on any atom is -0.381 e. The largest absolute Gasteiger partial charge is 0.381 e. The highest BCUT2D eigenvalue weighted by atomic mass is 16.5. The van der Waals surface area contributed by atoms with Gasteiger partial charge in [-0.25, -0.2) is 0 Å². The lowest BCUT2D eigenvalue weighted by molar-refractivity contribution is -0.198. The van der Waals surface area contributed by atoms with Gasteiger partial charge in [-0.15, -0.1) is 0 Å². The van der Waals surface area contributed by atoms with E-state index in [0.29, 0.717) is 58.8 Å². The second kappa shape index (κ2) is 21.7. The van der Waals surface area contributed by atoms with Gasteiger partial charge in [-0.2, -0.15) is 0 Å². The van der Waals surface area contributed by atoms with Crippen LogP contribution in [0.2, 0.25) is 0 Å². The first kappa shape index (κ1) is 51.8. The van der Waals surface area contributed by atoms with E-state index in [1.165, 1.54) is 116 Å². The van der Waals surface area contributed by atoms with Crippen LogP contribution in [0.1, 0.15) is 198 Å². The van der Waals surface area contributed by atoms with Crippen molar-refractivity contribution in [1.29, 1.82) is 0 Å². The van der Waals surface area contributed by atoms with Gasteiger partial charge in [0.2, 0.25) is 0 Å². The van der Waals surface area contributed by atoms with E-state index in [4.69, 9.17) is 25.3 Å². The zero-order chi connectivity index (χ0) is 47.7. The molecule has 0 aromatic rings. The Balaban J connectivity index is 0.825. The predicted molar refractivity (Wildman–Crippen MR) is 273 cm³/mol. The summed E-state index contributed by atoms with van der Waals surface area (Å²) in [4.78, 5) is 6.00. The summed E-state index contributed by atoms with van der Waals surface area (Å²) in [5.74, 6) is 12.1. The van der Waals surface area contributed by atoms with Gasteiger partial charge in [-0.05, 0) is 243 Å². The van der Waals surface area contributed by atoms with Crippen LogP contribution in [-0.4, -0.2) is 51.7 Å². The average molecular weight is 929 g/mol. The first-order valence-electron chi connectivity index (χ1n) is 28.9. The Morgan fingerprint density at radius 1 is 0.522 bits per heavy atom. The summed E-state index contributed by atoms with van der Waals surface area (Å²) < 4.78 is 20.4. The van der Waals surface area contributed by atoms with Crippen molar-refractivity contribution in [3.63, 3.8) is 0 Å². The SMILES string of the molecule is C[C@@H]1CC[C@@]2(C)C(CC(OCCCN=[N+]=[N-])C3[C@@H]4CC[C@H]([C@H](C)CCCOCCC[C@@H](C)[C@H]5CC[C@H]6[C@@H]7[C@H](OCCCN=[N+]=[N-])C[C@@H]8C[C@H](C)CC[C@]8(C)[C@H]7C[C@H](C)[C@]56C)[C@@]4(C)[C@@H](C)C[C@@H]32)C1. The summed E-state index contributed by atoms with van der Waals surface area (Å²) in [6, 6.07) is 0. The Morgan fingerprint density at radius 2 is 0.940 bits per heavy atom. The summed E-state index contributed by atoms with van der Waals surface area (Å²) in [7, 11) is 0. The molecule has 0 N–H and O–H groups in total. The molecule has 8 aliphatic rings. The van der Waals surface area contributed by atoms with Gasteiger partial charge in [0.25, 0.3) is 0 Å².